The van der Waals surface area contributed by atoms with Crippen LogP contribution in [0.2, 0.25) is 0 Å². The summed E-state index contributed by atoms with van der Waals surface area (Å²) in [7, 11) is -2.13. The molecule has 32 heavy (non-hydrogen) atoms. The molecule has 164 valence electrons. The summed E-state index contributed by atoms with van der Waals surface area (Å²) in [6.07, 6.45) is 5.40. The van der Waals surface area contributed by atoms with Gasteiger partial charge in [0.25, 0.3) is 10.0 Å². The molecule has 3 aromatic rings. The molecule has 2 aliphatic rings. The molecule has 2 N–H and O–H groups in total. The average molecular weight is 447 g/mol. The number of fused-ring (bicyclic) bond motifs is 3. The third-order valence-electron chi connectivity index (χ3n) is 6.42. The van der Waals surface area contributed by atoms with Gasteiger partial charge >= 0.3 is 0 Å². The van der Waals surface area contributed by atoms with Gasteiger partial charge in [0.15, 0.2) is 0 Å². The lowest BCUT2D eigenvalue weighted by molar-refractivity contribution is 0.415. The minimum absolute atomic E-state index is 0.189. The van der Waals surface area contributed by atoms with Gasteiger partial charge in [-0.15, -0.1) is 0 Å². The van der Waals surface area contributed by atoms with Crippen molar-refractivity contribution < 1.29 is 13.2 Å². The van der Waals surface area contributed by atoms with Crippen LogP contribution in [0.15, 0.2) is 83.8 Å². The zero-order valence-corrected chi connectivity index (χ0v) is 18.9. The second kappa shape index (κ2) is 8.02. The molecule has 3 aromatic carbocycles. The molecule has 5 rings (SSSR count). The fourth-order valence-electron chi connectivity index (χ4n) is 4.72. The van der Waals surface area contributed by atoms with E-state index in [0.29, 0.717) is 17.4 Å². The number of ether oxygens (including phenoxy) is 1. The SMILES string of the molecule is COc1ccc(NS(=O)(=O)c2ccc3c(c2)[C@@H]2C=CC[C@@H]2[C@H](c2ccc(C)cc2)N3)cc1. The summed E-state index contributed by atoms with van der Waals surface area (Å²) >= 11 is 0. The van der Waals surface area contributed by atoms with Crippen LogP contribution in [0, 0.1) is 12.8 Å². The summed E-state index contributed by atoms with van der Waals surface area (Å²) in [5.74, 6) is 1.22. The molecule has 0 aromatic heterocycles. The predicted molar refractivity (Wildman–Crippen MR) is 128 cm³/mol. The number of sulfonamides is 1. The van der Waals surface area contributed by atoms with Gasteiger partial charge in [-0.05, 0) is 72.9 Å². The molecule has 5 nitrogen and oxygen atoms in total. The van der Waals surface area contributed by atoms with Crippen molar-refractivity contribution in [2.24, 2.45) is 5.92 Å². The van der Waals surface area contributed by atoms with Gasteiger partial charge in [0.05, 0.1) is 18.0 Å². The van der Waals surface area contributed by atoms with Gasteiger partial charge < -0.3 is 10.1 Å². The van der Waals surface area contributed by atoms with Crippen LogP contribution in [0.25, 0.3) is 0 Å². The van der Waals surface area contributed by atoms with Crippen molar-refractivity contribution in [1.82, 2.24) is 0 Å². The molecule has 1 aliphatic carbocycles. The highest BCUT2D eigenvalue weighted by Crippen LogP contribution is 2.50. The Morgan fingerprint density at radius 1 is 1.00 bits per heavy atom. The quantitative estimate of drug-likeness (QED) is 0.499. The van der Waals surface area contributed by atoms with Crippen molar-refractivity contribution in [3.8, 4) is 5.75 Å². The first-order valence-corrected chi connectivity index (χ1v) is 12.2. The van der Waals surface area contributed by atoms with Crippen LogP contribution in [0.4, 0.5) is 11.4 Å². The molecule has 0 amide bonds. The van der Waals surface area contributed by atoms with Crippen LogP contribution in [-0.2, 0) is 10.0 Å². The Bertz CT molecular complexity index is 1270. The van der Waals surface area contributed by atoms with E-state index >= 15 is 0 Å². The fraction of sp³-hybridized carbons (Fsp3) is 0.231. The lowest BCUT2D eigenvalue weighted by atomic mass is 9.77. The average Bonchev–Trinajstić information content (AvgIpc) is 3.29. The summed E-state index contributed by atoms with van der Waals surface area (Å²) in [5, 5.41) is 3.68. The lowest BCUT2D eigenvalue weighted by Gasteiger charge is -2.37. The molecule has 0 spiro atoms. The molecule has 3 atom stereocenters. The highest BCUT2D eigenvalue weighted by molar-refractivity contribution is 7.92. The topological polar surface area (TPSA) is 67.4 Å². The van der Waals surface area contributed by atoms with Crippen molar-refractivity contribution in [3.05, 3.63) is 95.6 Å². The number of methoxy groups -OCH3 is 1. The van der Waals surface area contributed by atoms with Gasteiger partial charge in [-0.1, -0.05) is 42.0 Å². The van der Waals surface area contributed by atoms with E-state index in [1.165, 1.54) is 11.1 Å². The molecule has 0 unspecified atom stereocenters. The smallest absolute Gasteiger partial charge is 0.261 e. The normalized spacial score (nSPS) is 21.4. The zero-order chi connectivity index (χ0) is 22.3. The number of hydrogen-bond donors (Lipinski definition) is 2. The van der Waals surface area contributed by atoms with Crippen LogP contribution >= 0.6 is 0 Å². The molecule has 0 saturated carbocycles. The fourth-order valence-corrected chi connectivity index (χ4v) is 5.81. The molecule has 0 radical (unpaired) electrons. The number of hydrogen-bond acceptors (Lipinski definition) is 4. The maximum Gasteiger partial charge on any atom is 0.261 e. The van der Waals surface area contributed by atoms with E-state index in [2.05, 4.69) is 53.4 Å². The first kappa shape index (κ1) is 20.6. The zero-order valence-electron chi connectivity index (χ0n) is 18.1. The maximum atomic E-state index is 13.1. The standard InChI is InChI=1S/C26H26N2O3S/c1-17-6-8-18(9-7-17)26-23-5-3-4-22(23)24-16-21(14-15-25(24)27-26)32(29,30)28-19-10-12-20(31-2)13-11-19/h3-4,6-16,22-23,26-28H,5H2,1-2H3/t22-,23+,26+/m1/s1. The van der Waals surface area contributed by atoms with Crippen LogP contribution in [0.5, 0.6) is 5.75 Å². The van der Waals surface area contributed by atoms with E-state index in [1.807, 2.05) is 12.1 Å². The van der Waals surface area contributed by atoms with E-state index in [9.17, 15) is 8.42 Å². The van der Waals surface area contributed by atoms with E-state index in [-0.39, 0.29) is 16.9 Å². The summed E-state index contributed by atoms with van der Waals surface area (Å²) < 4.78 is 34.0. The second-order valence-electron chi connectivity index (χ2n) is 8.47. The maximum absolute atomic E-state index is 13.1. The molecule has 0 bridgehead atoms. The van der Waals surface area contributed by atoms with Crippen LogP contribution in [0.1, 0.15) is 35.1 Å². The Morgan fingerprint density at radius 2 is 1.75 bits per heavy atom. The minimum Gasteiger partial charge on any atom is -0.497 e. The molecule has 0 fully saturated rings. The van der Waals surface area contributed by atoms with E-state index in [1.54, 1.807) is 37.4 Å². The highest BCUT2D eigenvalue weighted by Gasteiger charge is 2.38. The van der Waals surface area contributed by atoms with Gasteiger partial charge in [-0.2, -0.15) is 0 Å². The Balaban J connectivity index is 1.46. The highest BCUT2D eigenvalue weighted by atomic mass is 32.2. The monoisotopic (exact) mass is 446 g/mol. The Kier molecular flexibility index (Phi) is 5.18. The Morgan fingerprint density at radius 3 is 2.47 bits per heavy atom. The summed E-state index contributed by atoms with van der Waals surface area (Å²) in [6, 6.07) is 21.1. The number of benzene rings is 3. The lowest BCUT2D eigenvalue weighted by Crippen LogP contribution is -2.29. The van der Waals surface area contributed by atoms with Crippen LogP contribution < -0.4 is 14.8 Å². The molecule has 1 aliphatic heterocycles. The largest absolute Gasteiger partial charge is 0.497 e. The Hall–Kier alpha value is -3.25. The van der Waals surface area contributed by atoms with Gasteiger partial charge in [0.2, 0.25) is 0 Å². The van der Waals surface area contributed by atoms with E-state index in [4.69, 9.17) is 4.74 Å². The number of rotatable bonds is 5. The third-order valence-corrected chi connectivity index (χ3v) is 7.80. The number of allylic oxidation sites excluding steroid dienone is 2. The molecular weight excluding hydrogens is 420 g/mol. The minimum atomic E-state index is -3.71. The summed E-state index contributed by atoms with van der Waals surface area (Å²) in [6.45, 7) is 2.09. The van der Waals surface area contributed by atoms with Crippen LogP contribution in [0.3, 0.4) is 0 Å². The second-order valence-corrected chi connectivity index (χ2v) is 10.2. The molecule has 1 heterocycles. The van der Waals surface area contributed by atoms with Crippen molar-refractivity contribution in [2.45, 2.75) is 30.2 Å². The molecule has 0 saturated heterocycles. The van der Waals surface area contributed by atoms with Gasteiger partial charge in [0, 0.05) is 17.3 Å². The van der Waals surface area contributed by atoms with Gasteiger partial charge in [0.1, 0.15) is 5.75 Å². The number of anilines is 2. The first-order valence-electron chi connectivity index (χ1n) is 10.8. The van der Waals surface area contributed by atoms with Crippen molar-refractivity contribution >= 4 is 21.4 Å². The van der Waals surface area contributed by atoms with Gasteiger partial charge in [-0.3, -0.25) is 4.72 Å². The number of aryl methyl sites for hydroxylation is 1. The number of nitrogens with one attached hydrogen (secondary N) is 2. The van der Waals surface area contributed by atoms with Crippen molar-refractivity contribution in [3.63, 3.8) is 0 Å². The van der Waals surface area contributed by atoms with Gasteiger partial charge in [-0.25, -0.2) is 8.42 Å². The van der Waals surface area contributed by atoms with E-state index in [0.717, 1.165) is 17.7 Å². The van der Waals surface area contributed by atoms with Crippen LogP contribution in [-0.4, -0.2) is 15.5 Å². The first-order chi connectivity index (χ1) is 15.4. The summed E-state index contributed by atoms with van der Waals surface area (Å²) in [5.41, 5.74) is 5.03. The summed E-state index contributed by atoms with van der Waals surface area (Å²) in [4.78, 5) is 0.265. The van der Waals surface area contributed by atoms with Crippen molar-refractivity contribution in [2.75, 3.05) is 17.1 Å². The molecule has 6 heteroatoms. The third kappa shape index (κ3) is 3.75. The van der Waals surface area contributed by atoms with Crippen molar-refractivity contribution in [1.29, 1.82) is 0 Å². The van der Waals surface area contributed by atoms with E-state index < -0.39 is 10.0 Å². The molecular formula is C26H26N2O3S. The Labute approximate surface area is 189 Å². The predicted octanol–water partition coefficient (Wildman–Crippen LogP) is 5.63.